The molecule has 1 aromatic heterocycles. The third kappa shape index (κ3) is 3.84. The summed E-state index contributed by atoms with van der Waals surface area (Å²) in [6.07, 6.45) is 0. The number of benzene rings is 1. The van der Waals surface area contributed by atoms with Gasteiger partial charge in [0.25, 0.3) is 0 Å². The Hall–Kier alpha value is -1.37. The Bertz CT molecular complexity index is 599. The number of hydrogen-bond acceptors (Lipinski definition) is 5. The summed E-state index contributed by atoms with van der Waals surface area (Å²) < 4.78 is 23.8. The maximum atomic E-state index is 12.4. The van der Waals surface area contributed by atoms with Crippen LogP contribution in [-0.2, 0) is 10.8 Å². The predicted molar refractivity (Wildman–Crippen MR) is 86.9 cm³/mol. The summed E-state index contributed by atoms with van der Waals surface area (Å²) in [5, 5.41) is 5.16. The van der Waals surface area contributed by atoms with Gasteiger partial charge in [-0.3, -0.25) is 4.21 Å². The topological polar surface area (TPSA) is 47.6 Å². The van der Waals surface area contributed by atoms with E-state index in [4.69, 9.17) is 9.47 Å². The van der Waals surface area contributed by atoms with Gasteiger partial charge >= 0.3 is 0 Å². The first-order valence-corrected chi connectivity index (χ1v) is 8.70. The molecule has 114 valence electrons. The van der Waals surface area contributed by atoms with Gasteiger partial charge in [-0.25, -0.2) is 0 Å². The molecule has 0 aliphatic heterocycles. The maximum Gasteiger partial charge on any atom is 0.161 e. The Morgan fingerprint density at radius 1 is 1.24 bits per heavy atom. The predicted octanol–water partition coefficient (Wildman–Crippen LogP) is 2.83. The SMILES string of the molecule is CNC(CS(=O)c1cccs1)c1ccc(OC)c(OC)c1. The van der Waals surface area contributed by atoms with Crippen molar-refractivity contribution < 1.29 is 13.7 Å². The first-order valence-electron chi connectivity index (χ1n) is 6.50. The summed E-state index contributed by atoms with van der Waals surface area (Å²) in [5.74, 6) is 1.89. The summed E-state index contributed by atoms with van der Waals surface area (Å²) in [4.78, 5) is 0. The highest BCUT2D eigenvalue weighted by atomic mass is 32.2. The van der Waals surface area contributed by atoms with Crippen LogP contribution in [0.4, 0.5) is 0 Å². The van der Waals surface area contributed by atoms with Gasteiger partial charge in [-0.05, 0) is 36.2 Å². The molecule has 0 radical (unpaired) electrons. The summed E-state index contributed by atoms with van der Waals surface area (Å²) in [6.45, 7) is 0. The lowest BCUT2D eigenvalue weighted by Gasteiger charge is -2.17. The van der Waals surface area contributed by atoms with Crippen LogP contribution in [0.5, 0.6) is 11.5 Å². The Morgan fingerprint density at radius 2 is 2.00 bits per heavy atom. The van der Waals surface area contributed by atoms with Crippen LogP contribution in [0.2, 0.25) is 0 Å². The van der Waals surface area contributed by atoms with Gasteiger partial charge in [-0.2, -0.15) is 0 Å². The van der Waals surface area contributed by atoms with Crippen molar-refractivity contribution in [2.75, 3.05) is 27.0 Å². The van der Waals surface area contributed by atoms with Crippen molar-refractivity contribution in [1.29, 1.82) is 0 Å². The van der Waals surface area contributed by atoms with Gasteiger partial charge in [0.05, 0.1) is 29.2 Å². The third-order valence-corrected chi connectivity index (χ3v) is 5.92. The Balaban J connectivity index is 2.19. The standard InChI is InChI=1S/C15H19NO3S2/c1-16-12(10-21(17)15-5-4-8-20-15)11-6-7-13(18-2)14(9-11)19-3/h4-9,12,16H,10H2,1-3H3. The summed E-state index contributed by atoms with van der Waals surface area (Å²) >= 11 is 1.52. The van der Waals surface area contributed by atoms with E-state index in [0.29, 0.717) is 17.3 Å². The highest BCUT2D eigenvalue weighted by Gasteiger charge is 2.17. The van der Waals surface area contributed by atoms with Gasteiger partial charge in [0.2, 0.25) is 0 Å². The van der Waals surface area contributed by atoms with Crippen LogP contribution < -0.4 is 14.8 Å². The van der Waals surface area contributed by atoms with Gasteiger partial charge in [0.15, 0.2) is 11.5 Å². The molecule has 0 aliphatic carbocycles. The molecule has 21 heavy (non-hydrogen) atoms. The monoisotopic (exact) mass is 325 g/mol. The second kappa shape index (κ2) is 7.59. The average Bonchev–Trinajstić information content (AvgIpc) is 3.06. The number of rotatable bonds is 7. The summed E-state index contributed by atoms with van der Waals surface area (Å²) in [5.41, 5.74) is 1.03. The Kier molecular flexibility index (Phi) is 5.78. The fourth-order valence-corrected chi connectivity index (χ4v) is 4.35. The lowest BCUT2D eigenvalue weighted by Crippen LogP contribution is -2.22. The summed E-state index contributed by atoms with van der Waals surface area (Å²) in [7, 11) is 4.07. The molecule has 2 rings (SSSR count). The largest absolute Gasteiger partial charge is 0.493 e. The van der Waals surface area contributed by atoms with E-state index in [1.807, 2.05) is 42.8 Å². The number of nitrogens with one attached hydrogen (secondary N) is 1. The van der Waals surface area contributed by atoms with Crippen molar-refractivity contribution >= 4 is 22.1 Å². The van der Waals surface area contributed by atoms with Crippen molar-refractivity contribution in [3.63, 3.8) is 0 Å². The van der Waals surface area contributed by atoms with Crippen LogP contribution in [0.25, 0.3) is 0 Å². The first kappa shape index (κ1) is 16.0. The Morgan fingerprint density at radius 3 is 2.57 bits per heavy atom. The molecule has 6 heteroatoms. The molecule has 4 nitrogen and oxygen atoms in total. The molecule has 0 spiro atoms. The molecule has 2 unspecified atom stereocenters. The zero-order valence-corrected chi connectivity index (χ0v) is 13.9. The van der Waals surface area contributed by atoms with E-state index in [2.05, 4.69) is 5.32 Å². The van der Waals surface area contributed by atoms with E-state index in [9.17, 15) is 4.21 Å². The fourth-order valence-electron chi connectivity index (χ4n) is 2.04. The van der Waals surface area contributed by atoms with Crippen LogP contribution in [-0.4, -0.2) is 31.2 Å². The van der Waals surface area contributed by atoms with Crippen molar-refractivity contribution in [2.45, 2.75) is 10.3 Å². The van der Waals surface area contributed by atoms with Crippen molar-refractivity contribution in [3.8, 4) is 11.5 Å². The van der Waals surface area contributed by atoms with Crippen LogP contribution >= 0.6 is 11.3 Å². The van der Waals surface area contributed by atoms with E-state index in [0.717, 1.165) is 9.77 Å². The smallest absolute Gasteiger partial charge is 0.161 e. The second-order valence-corrected chi connectivity index (χ2v) is 7.07. The molecule has 0 saturated carbocycles. The Labute approximate surface area is 131 Å². The van der Waals surface area contributed by atoms with Crippen molar-refractivity contribution in [2.24, 2.45) is 0 Å². The normalized spacial score (nSPS) is 13.7. The van der Waals surface area contributed by atoms with Gasteiger partial charge in [0, 0.05) is 11.8 Å². The van der Waals surface area contributed by atoms with Gasteiger partial charge < -0.3 is 14.8 Å². The molecule has 0 amide bonds. The molecule has 0 bridgehead atoms. The lowest BCUT2D eigenvalue weighted by molar-refractivity contribution is 0.354. The van der Waals surface area contributed by atoms with Gasteiger partial charge in [-0.1, -0.05) is 12.1 Å². The molecule has 1 aromatic carbocycles. The molecule has 2 aromatic rings. The number of ether oxygens (including phenoxy) is 2. The molecule has 0 fully saturated rings. The maximum absolute atomic E-state index is 12.4. The van der Waals surface area contributed by atoms with Crippen LogP contribution in [0.1, 0.15) is 11.6 Å². The fraction of sp³-hybridized carbons (Fsp3) is 0.333. The van der Waals surface area contributed by atoms with Gasteiger partial charge in [-0.15, -0.1) is 11.3 Å². The second-order valence-electron chi connectivity index (χ2n) is 4.40. The number of hydrogen-bond donors (Lipinski definition) is 1. The molecular formula is C15H19NO3S2. The lowest BCUT2D eigenvalue weighted by atomic mass is 10.1. The molecule has 1 N–H and O–H groups in total. The molecule has 0 aliphatic rings. The van der Waals surface area contributed by atoms with Crippen LogP contribution in [0.3, 0.4) is 0 Å². The minimum Gasteiger partial charge on any atom is -0.493 e. The number of methoxy groups -OCH3 is 2. The molecular weight excluding hydrogens is 306 g/mol. The molecule has 1 heterocycles. The van der Waals surface area contributed by atoms with Crippen molar-refractivity contribution in [1.82, 2.24) is 5.32 Å². The van der Waals surface area contributed by atoms with E-state index >= 15 is 0 Å². The minimum absolute atomic E-state index is 0.00672. The first-order chi connectivity index (χ1) is 10.2. The molecule has 2 atom stereocenters. The zero-order valence-electron chi connectivity index (χ0n) is 12.3. The highest BCUT2D eigenvalue weighted by Crippen LogP contribution is 2.30. The average molecular weight is 325 g/mol. The van der Waals surface area contributed by atoms with Crippen LogP contribution in [0.15, 0.2) is 39.9 Å². The number of thiophene rings is 1. The zero-order chi connectivity index (χ0) is 15.2. The molecule has 0 saturated heterocycles. The van der Waals surface area contributed by atoms with Crippen molar-refractivity contribution in [3.05, 3.63) is 41.3 Å². The van der Waals surface area contributed by atoms with Gasteiger partial charge in [0.1, 0.15) is 0 Å². The van der Waals surface area contributed by atoms with E-state index in [1.54, 1.807) is 14.2 Å². The quantitative estimate of drug-likeness (QED) is 0.850. The van der Waals surface area contributed by atoms with E-state index in [1.165, 1.54) is 11.3 Å². The highest BCUT2D eigenvalue weighted by molar-refractivity contribution is 7.87. The summed E-state index contributed by atoms with van der Waals surface area (Å²) in [6, 6.07) is 9.57. The third-order valence-electron chi connectivity index (χ3n) is 3.20. The van der Waals surface area contributed by atoms with E-state index in [-0.39, 0.29) is 6.04 Å². The van der Waals surface area contributed by atoms with Crippen LogP contribution in [0, 0.1) is 0 Å². The minimum atomic E-state index is -1.01. The van der Waals surface area contributed by atoms with E-state index < -0.39 is 10.8 Å².